The van der Waals surface area contributed by atoms with E-state index in [0.717, 1.165) is 29.5 Å². The lowest BCUT2D eigenvalue weighted by atomic mass is 10.0. The lowest BCUT2D eigenvalue weighted by Gasteiger charge is -2.29. The smallest absolute Gasteiger partial charge is 0.340 e. The summed E-state index contributed by atoms with van der Waals surface area (Å²) in [6.45, 7) is 2.80. The summed E-state index contributed by atoms with van der Waals surface area (Å²) in [5, 5.41) is 4.72. The molecule has 4 rings (SSSR count). The number of fused-ring (bicyclic) bond motifs is 1. The van der Waals surface area contributed by atoms with Crippen LogP contribution in [0.5, 0.6) is 0 Å². The molecule has 0 aliphatic carbocycles. The first-order valence-corrected chi connectivity index (χ1v) is 9.51. The van der Waals surface area contributed by atoms with Crippen molar-refractivity contribution in [2.45, 2.75) is 0 Å². The quantitative estimate of drug-likeness (QED) is 0.688. The molecule has 0 aromatic heterocycles. The molecule has 1 N–H and O–H groups in total. The average Bonchev–Trinajstić information content (AvgIpc) is 2.79. The van der Waals surface area contributed by atoms with E-state index in [9.17, 15) is 9.59 Å². The number of carbonyl (C=O) groups is 2. The maximum absolute atomic E-state index is 13.0. The van der Waals surface area contributed by atoms with Crippen LogP contribution < -0.4 is 10.2 Å². The number of carbonyl (C=O) groups excluding carboxylic acids is 2. The predicted molar refractivity (Wildman–Crippen MR) is 113 cm³/mol. The Morgan fingerprint density at radius 1 is 0.966 bits per heavy atom. The lowest BCUT2D eigenvalue weighted by molar-refractivity contribution is 0.0602. The summed E-state index contributed by atoms with van der Waals surface area (Å²) in [7, 11) is 1.33. The van der Waals surface area contributed by atoms with Crippen molar-refractivity contribution in [1.82, 2.24) is 0 Å². The van der Waals surface area contributed by atoms with Gasteiger partial charge in [-0.2, -0.15) is 0 Å². The van der Waals surface area contributed by atoms with Gasteiger partial charge < -0.3 is 19.7 Å². The highest BCUT2D eigenvalue weighted by molar-refractivity contribution is 6.14. The van der Waals surface area contributed by atoms with Gasteiger partial charge in [0.05, 0.1) is 31.6 Å². The molecule has 1 fully saturated rings. The molecule has 0 unspecified atom stereocenters. The third-order valence-electron chi connectivity index (χ3n) is 5.07. The van der Waals surface area contributed by atoms with E-state index >= 15 is 0 Å². The molecule has 3 aromatic rings. The summed E-state index contributed by atoms with van der Waals surface area (Å²) in [4.78, 5) is 27.5. The minimum atomic E-state index is -0.492. The molecule has 1 saturated heterocycles. The molecule has 0 atom stereocenters. The highest BCUT2D eigenvalue weighted by Crippen LogP contribution is 2.26. The van der Waals surface area contributed by atoms with E-state index in [1.807, 2.05) is 42.5 Å². The average molecular weight is 390 g/mol. The van der Waals surface area contributed by atoms with Crippen LogP contribution in [0.4, 0.5) is 11.4 Å². The third-order valence-corrected chi connectivity index (χ3v) is 5.07. The van der Waals surface area contributed by atoms with Gasteiger partial charge >= 0.3 is 5.97 Å². The number of morpholine rings is 1. The van der Waals surface area contributed by atoms with E-state index in [1.54, 1.807) is 18.2 Å². The van der Waals surface area contributed by atoms with Crippen LogP contribution in [-0.4, -0.2) is 45.3 Å². The van der Waals surface area contributed by atoms with Crippen LogP contribution in [-0.2, 0) is 9.47 Å². The number of hydrogen-bond acceptors (Lipinski definition) is 5. The van der Waals surface area contributed by atoms with E-state index in [0.29, 0.717) is 30.0 Å². The predicted octanol–water partition coefficient (Wildman–Crippen LogP) is 3.72. The summed E-state index contributed by atoms with van der Waals surface area (Å²) in [5.41, 5.74) is 2.20. The minimum absolute atomic E-state index is 0.272. The summed E-state index contributed by atoms with van der Waals surface area (Å²) in [6.07, 6.45) is 0. The maximum atomic E-state index is 13.0. The zero-order valence-corrected chi connectivity index (χ0v) is 16.2. The largest absolute Gasteiger partial charge is 0.465 e. The number of methoxy groups -OCH3 is 1. The Hall–Kier alpha value is -3.38. The molecule has 1 heterocycles. The number of nitrogens with zero attached hydrogens (tertiary/aromatic N) is 1. The number of esters is 1. The van der Waals surface area contributed by atoms with Crippen LogP contribution in [0.3, 0.4) is 0 Å². The van der Waals surface area contributed by atoms with Crippen LogP contribution in [0.1, 0.15) is 20.7 Å². The van der Waals surface area contributed by atoms with Gasteiger partial charge in [0, 0.05) is 24.3 Å². The molecule has 29 heavy (non-hydrogen) atoms. The summed E-state index contributed by atoms with van der Waals surface area (Å²) in [5.74, 6) is -0.764. The van der Waals surface area contributed by atoms with E-state index in [2.05, 4.69) is 10.2 Å². The monoisotopic (exact) mass is 390 g/mol. The number of anilines is 2. The van der Waals surface area contributed by atoms with Crippen molar-refractivity contribution in [2.75, 3.05) is 43.6 Å². The normalized spacial score (nSPS) is 13.9. The van der Waals surface area contributed by atoms with Gasteiger partial charge in [0.2, 0.25) is 0 Å². The van der Waals surface area contributed by atoms with Gasteiger partial charge in [0.15, 0.2) is 0 Å². The third kappa shape index (κ3) is 3.93. The number of benzene rings is 3. The van der Waals surface area contributed by atoms with Crippen molar-refractivity contribution < 1.29 is 19.1 Å². The van der Waals surface area contributed by atoms with Crippen LogP contribution in [0, 0.1) is 0 Å². The molecule has 6 heteroatoms. The van der Waals surface area contributed by atoms with Crippen LogP contribution >= 0.6 is 0 Å². The summed E-state index contributed by atoms with van der Waals surface area (Å²) >= 11 is 0. The van der Waals surface area contributed by atoms with Crippen molar-refractivity contribution in [3.63, 3.8) is 0 Å². The molecular formula is C23H22N2O4. The standard InChI is InChI=1S/C23H22N2O4/c1-28-23(27)20-15-17(25-11-13-29-14-12-25)9-10-21(20)24-22(26)19-8-4-6-16-5-2-3-7-18(16)19/h2-10,15H,11-14H2,1H3,(H,24,26). The van der Waals surface area contributed by atoms with Gasteiger partial charge in [0.25, 0.3) is 5.91 Å². The fraction of sp³-hybridized carbons (Fsp3) is 0.217. The second-order valence-corrected chi connectivity index (χ2v) is 6.80. The molecule has 0 radical (unpaired) electrons. The van der Waals surface area contributed by atoms with Gasteiger partial charge in [-0.25, -0.2) is 4.79 Å². The Morgan fingerprint density at radius 2 is 1.72 bits per heavy atom. The van der Waals surface area contributed by atoms with E-state index < -0.39 is 5.97 Å². The molecule has 1 amide bonds. The Labute approximate surface area is 169 Å². The van der Waals surface area contributed by atoms with Crippen molar-refractivity contribution in [3.8, 4) is 0 Å². The Kier molecular flexibility index (Phi) is 5.44. The van der Waals surface area contributed by atoms with Crippen LogP contribution in [0.25, 0.3) is 10.8 Å². The van der Waals surface area contributed by atoms with Gasteiger partial charge in [-0.3, -0.25) is 4.79 Å². The number of ether oxygens (including phenoxy) is 2. The Morgan fingerprint density at radius 3 is 2.52 bits per heavy atom. The maximum Gasteiger partial charge on any atom is 0.340 e. The zero-order chi connectivity index (χ0) is 20.2. The van der Waals surface area contributed by atoms with Crippen molar-refractivity contribution in [2.24, 2.45) is 0 Å². The SMILES string of the molecule is COC(=O)c1cc(N2CCOCC2)ccc1NC(=O)c1cccc2ccccc12. The zero-order valence-electron chi connectivity index (χ0n) is 16.2. The minimum Gasteiger partial charge on any atom is -0.465 e. The van der Waals surface area contributed by atoms with E-state index in [-0.39, 0.29) is 5.91 Å². The first-order valence-electron chi connectivity index (χ1n) is 9.51. The van der Waals surface area contributed by atoms with E-state index in [1.165, 1.54) is 7.11 Å². The van der Waals surface area contributed by atoms with E-state index in [4.69, 9.17) is 9.47 Å². The van der Waals surface area contributed by atoms with Crippen molar-refractivity contribution >= 4 is 34.0 Å². The number of nitrogens with one attached hydrogen (secondary N) is 1. The summed E-state index contributed by atoms with van der Waals surface area (Å²) < 4.78 is 10.3. The molecular weight excluding hydrogens is 368 g/mol. The van der Waals surface area contributed by atoms with Crippen molar-refractivity contribution in [1.29, 1.82) is 0 Å². The van der Waals surface area contributed by atoms with Crippen LogP contribution in [0.15, 0.2) is 60.7 Å². The first kappa shape index (κ1) is 19.0. The topological polar surface area (TPSA) is 67.9 Å². The summed E-state index contributed by atoms with van der Waals surface area (Å²) in [6, 6.07) is 18.7. The van der Waals surface area contributed by atoms with Gasteiger partial charge in [-0.15, -0.1) is 0 Å². The highest BCUT2D eigenvalue weighted by Gasteiger charge is 2.19. The molecule has 0 bridgehead atoms. The second-order valence-electron chi connectivity index (χ2n) is 6.80. The number of hydrogen-bond donors (Lipinski definition) is 1. The second kappa shape index (κ2) is 8.32. The fourth-order valence-corrected chi connectivity index (χ4v) is 3.55. The lowest BCUT2D eigenvalue weighted by Crippen LogP contribution is -2.36. The molecule has 1 aliphatic rings. The fourth-order valence-electron chi connectivity index (χ4n) is 3.55. The number of rotatable bonds is 4. The number of amides is 1. The van der Waals surface area contributed by atoms with Gasteiger partial charge in [0.1, 0.15) is 0 Å². The highest BCUT2D eigenvalue weighted by atomic mass is 16.5. The van der Waals surface area contributed by atoms with Gasteiger partial charge in [-0.1, -0.05) is 36.4 Å². The Balaban J connectivity index is 1.66. The Bertz CT molecular complexity index is 1050. The van der Waals surface area contributed by atoms with Crippen LogP contribution in [0.2, 0.25) is 0 Å². The molecule has 0 saturated carbocycles. The molecule has 6 nitrogen and oxygen atoms in total. The van der Waals surface area contributed by atoms with Crippen molar-refractivity contribution in [3.05, 3.63) is 71.8 Å². The van der Waals surface area contributed by atoms with Gasteiger partial charge in [-0.05, 0) is 35.0 Å². The molecule has 1 aliphatic heterocycles. The molecule has 148 valence electrons. The first-order chi connectivity index (χ1) is 14.2. The molecule has 3 aromatic carbocycles. The molecule has 0 spiro atoms.